The van der Waals surface area contributed by atoms with E-state index in [0.717, 1.165) is 30.5 Å². The number of aromatic nitrogens is 1. The number of halogens is 6. The lowest BCUT2D eigenvalue weighted by atomic mass is 10.0. The van der Waals surface area contributed by atoms with E-state index in [1.165, 1.54) is 0 Å². The van der Waals surface area contributed by atoms with Gasteiger partial charge in [0.15, 0.2) is 0 Å². The van der Waals surface area contributed by atoms with E-state index in [9.17, 15) is 31.1 Å². The molecule has 0 aliphatic rings. The summed E-state index contributed by atoms with van der Waals surface area (Å²) < 4.78 is 78.4. The third-order valence-corrected chi connectivity index (χ3v) is 2.73. The smallest absolute Gasteiger partial charge is 0.405 e. The number of rotatable bonds is 3. The monoisotopic (exact) mass is 335 g/mol. The van der Waals surface area contributed by atoms with E-state index in [1.54, 1.807) is 0 Å². The largest absolute Gasteiger partial charge is 0.573 e. The average Bonchev–Trinajstić information content (AvgIpc) is 2.45. The van der Waals surface area contributed by atoms with Gasteiger partial charge in [-0.3, -0.25) is 9.78 Å². The topological polar surface area (TPSA) is 39.2 Å². The van der Waals surface area contributed by atoms with E-state index in [0.29, 0.717) is 12.4 Å². The third-order valence-electron chi connectivity index (χ3n) is 2.73. The Kier molecular flexibility index (Phi) is 4.31. The van der Waals surface area contributed by atoms with Crippen LogP contribution in [0.2, 0.25) is 0 Å². The molecule has 2 rings (SSSR count). The molecular formula is C14H7F6NO2. The Morgan fingerprint density at radius 1 is 1.00 bits per heavy atom. The predicted molar refractivity (Wildman–Crippen MR) is 66.7 cm³/mol. The Morgan fingerprint density at radius 2 is 1.70 bits per heavy atom. The fraction of sp³-hybridized carbons (Fsp3) is 0.143. The molecule has 0 N–H and O–H groups in total. The first-order valence-corrected chi connectivity index (χ1v) is 5.99. The van der Waals surface area contributed by atoms with Crippen LogP contribution in [0.3, 0.4) is 0 Å². The summed E-state index contributed by atoms with van der Waals surface area (Å²) in [6.45, 7) is 0. The van der Waals surface area contributed by atoms with Crippen LogP contribution in [0.5, 0.6) is 5.75 Å². The molecule has 0 unspecified atom stereocenters. The summed E-state index contributed by atoms with van der Waals surface area (Å²) in [5.74, 6) is -0.648. The molecule has 0 saturated heterocycles. The van der Waals surface area contributed by atoms with Crippen molar-refractivity contribution in [1.82, 2.24) is 4.98 Å². The minimum absolute atomic E-state index is 0.0365. The van der Waals surface area contributed by atoms with Crippen molar-refractivity contribution in [2.45, 2.75) is 12.5 Å². The van der Waals surface area contributed by atoms with E-state index >= 15 is 0 Å². The highest BCUT2D eigenvalue weighted by Gasteiger charge is 2.33. The van der Waals surface area contributed by atoms with Crippen LogP contribution in [0.25, 0.3) is 11.1 Å². The fourth-order valence-corrected chi connectivity index (χ4v) is 1.78. The molecule has 0 fully saturated rings. The van der Waals surface area contributed by atoms with Gasteiger partial charge in [-0.2, -0.15) is 13.2 Å². The highest BCUT2D eigenvalue weighted by Crippen LogP contribution is 2.35. The van der Waals surface area contributed by atoms with Crippen molar-refractivity contribution in [3.8, 4) is 16.9 Å². The molecule has 0 aliphatic heterocycles. The van der Waals surface area contributed by atoms with Crippen molar-refractivity contribution < 1.29 is 35.9 Å². The number of ether oxygens (including phenoxy) is 1. The zero-order valence-electron chi connectivity index (χ0n) is 11.1. The summed E-state index contributed by atoms with van der Waals surface area (Å²) in [6.07, 6.45) is -8.51. The standard InChI is InChI=1S/C14H7F6NO2/c15-13(16,17)12-4-2-9(6-21-12)10-5-8(7-22)1-3-11(10)23-14(18,19)20/h1-7H. The summed E-state index contributed by atoms with van der Waals surface area (Å²) in [7, 11) is 0. The molecule has 1 aromatic heterocycles. The molecule has 9 heteroatoms. The Balaban J connectivity index is 2.49. The van der Waals surface area contributed by atoms with Crippen molar-refractivity contribution in [3.05, 3.63) is 47.8 Å². The van der Waals surface area contributed by atoms with E-state index in [2.05, 4.69) is 9.72 Å². The number of carbonyl (C=O) groups is 1. The maximum Gasteiger partial charge on any atom is 0.573 e. The molecule has 0 amide bonds. The first-order chi connectivity index (χ1) is 10.6. The number of nitrogens with zero attached hydrogens (tertiary/aromatic N) is 1. The summed E-state index contributed by atoms with van der Waals surface area (Å²) in [5, 5.41) is 0. The summed E-state index contributed by atoms with van der Waals surface area (Å²) in [4.78, 5) is 13.9. The van der Waals surface area contributed by atoms with Crippen molar-refractivity contribution in [3.63, 3.8) is 0 Å². The minimum Gasteiger partial charge on any atom is -0.405 e. The van der Waals surface area contributed by atoms with Crippen LogP contribution in [-0.2, 0) is 6.18 Å². The average molecular weight is 335 g/mol. The molecule has 0 spiro atoms. The van der Waals surface area contributed by atoms with Crippen LogP contribution in [0.15, 0.2) is 36.5 Å². The van der Waals surface area contributed by atoms with Gasteiger partial charge in [0.25, 0.3) is 0 Å². The molecule has 0 bridgehead atoms. The van der Waals surface area contributed by atoms with Crippen LogP contribution in [0.1, 0.15) is 16.1 Å². The van der Waals surface area contributed by atoms with Crippen LogP contribution in [-0.4, -0.2) is 17.6 Å². The Labute approximate surface area is 125 Å². The SMILES string of the molecule is O=Cc1ccc(OC(F)(F)F)c(-c2ccc(C(F)(F)F)nc2)c1. The highest BCUT2D eigenvalue weighted by molar-refractivity contribution is 5.81. The van der Waals surface area contributed by atoms with E-state index < -0.39 is 24.0 Å². The third kappa shape index (κ3) is 4.21. The summed E-state index contributed by atoms with van der Waals surface area (Å²) >= 11 is 0. The molecule has 1 aromatic carbocycles. The van der Waals surface area contributed by atoms with Crippen molar-refractivity contribution in [2.24, 2.45) is 0 Å². The number of hydrogen-bond acceptors (Lipinski definition) is 3. The lowest BCUT2D eigenvalue weighted by Crippen LogP contribution is -2.17. The molecule has 0 atom stereocenters. The summed E-state index contributed by atoms with van der Waals surface area (Å²) in [6, 6.07) is 4.64. The Hall–Kier alpha value is -2.58. The molecule has 1 heterocycles. The second kappa shape index (κ2) is 5.90. The number of carbonyl (C=O) groups excluding carboxylic acids is 1. The Bertz CT molecular complexity index is 707. The van der Waals surface area contributed by atoms with Crippen LogP contribution in [0, 0.1) is 0 Å². The number of alkyl halides is 6. The van der Waals surface area contributed by atoms with Gasteiger partial charge in [0, 0.05) is 22.9 Å². The molecule has 2 aromatic rings. The van der Waals surface area contributed by atoms with Gasteiger partial charge in [0.1, 0.15) is 17.7 Å². The Morgan fingerprint density at radius 3 is 2.17 bits per heavy atom. The van der Waals surface area contributed by atoms with Gasteiger partial charge >= 0.3 is 12.5 Å². The molecule has 122 valence electrons. The van der Waals surface area contributed by atoms with Crippen molar-refractivity contribution >= 4 is 6.29 Å². The van der Waals surface area contributed by atoms with Crippen LogP contribution in [0.4, 0.5) is 26.3 Å². The fourth-order valence-electron chi connectivity index (χ4n) is 1.78. The van der Waals surface area contributed by atoms with Crippen molar-refractivity contribution in [2.75, 3.05) is 0 Å². The highest BCUT2D eigenvalue weighted by atomic mass is 19.4. The van der Waals surface area contributed by atoms with Crippen molar-refractivity contribution in [1.29, 1.82) is 0 Å². The molecule has 0 radical (unpaired) electrons. The number of pyridine rings is 1. The number of hydrogen-bond donors (Lipinski definition) is 0. The maximum atomic E-state index is 12.5. The zero-order valence-corrected chi connectivity index (χ0v) is 11.1. The van der Waals surface area contributed by atoms with Crippen LogP contribution >= 0.6 is 0 Å². The lowest BCUT2D eigenvalue weighted by molar-refractivity contribution is -0.274. The molecule has 0 saturated carbocycles. The second-order valence-electron chi connectivity index (χ2n) is 4.35. The lowest BCUT2D eigenvalue weighted by Gasteiger charge is -2.14. The zero-order chi connectivity index (χ0) is 17.3. The number of benzene rings is 1. The van der Waals surface area contributed by atoms with E-state index in [4.69, 9.17) is 0 Å². The van der Waals surface area contributed by atoms with Gasteiger partial charge in [0.2, 0.25) is 0 Å². The first-order valence-electron chi connectivity index (χ1n) is 5.99. The van der Waals surface area contributed by atoms with E-state index in [-0.39, 0.29) is 16.7 Å². The van der Waals surface area contributed by atoms with E-state index in [1.807, 2.05) is 0 Å². The summed E-state index contributed by atoms with van der Waals surface area (Å²) in [5.41, 5.74) is -1.41. The van der Waals surface area contributed by atoms with Gasteiger partial charge in [-0.05, 0) is 24.3 Å². The molecule has 23 heavy (non-hydrogen) atoms. The molecular weight excluding hydrogens is 328 g/mol. The van der Waals surface area contributed by atoms with Gasteiger partial charge < -0.3 is 4.74 Å². The van der Waals surface area contributed by atoms with Gasteiger partial charge in [-0.15, -0.1) is 13.2 Å². The van der Waals surface area contributed by atoms with Gasteiger partial charge in [-0.25, -0.2) is 0 Å². The minimum atomic E-state index is -4.99. The van der Waals surface area contributed by atoms with Gasteiger partial charge in [-0.1, -0.05) is 6.07 Å². The van der Waals surface area contributed by atoms with Gasteiger partial charge in [0.05, 0.1) is 0 Å². The first kappa shape index (κ1) is 16.8. The predicted octanol–water partition coefficient (Wildman–Crippen LogP) is 4.48. The molecule has 0 aliphatic carbocycles. The second-order valence-corrected chi connectivity index (χ2v) is 4.35. The van der Waals surface area contributed by atoms with Crippen LogP contribution < -0.4 is 4.74 Å². The quantitative estimate of drug-likeness (QED) is 0.613. The normalized spacial score (nSPS) is 12.1. The maximum absolute atomic E-state index is 12.5. The number of aldehydes is 1. The molecule has 3 nitrogen and oxygen atoms in total.